The minimum Gasteiger partial charge on any atom is -0.459 e. The Bertz CT molecular complexity index is 252. The van der Waals surface area contributed by atoms with Gasteiger partial charge in [0.25, 0.3) is 0 Å². The van der Waals surface area contributed by atoms with Crippen LogP contribution in [0.4, 0.5) is 0 Å². The summed E-state index contributed by atoms with van der Waals surface area (Å²) in [6.07, 6.45) is 9.09. The lowest BCUT2D eigenvalue weighted by Crippen LogP contribution is -2.41. The molecule has 0 bridgehead atoms. The van der Waals surface area contributed by atoms with Gasteiger partial charge in [0.1, 0.15) is 5.60 Å². The first-order valence-corrected chi connectivity index (χ1v) is 7.80. The maximum atomic E-state index is 12.2. The SMILES string of the molecule is CCC(CC)C(=O)OC(C)(CC)C1CCCCC1. The van der Waals surface area contributed by atoms with E-state index in [0.29, 0.717) is 5.92 Å². The minimum atomic E-state index is -0.236. The van der Waals surface area contributed by atoms with Crippen molar-refractivity contribution in [1.82, 2.24) is 0 Å². The van der Waals surface area contributed by atoms with E-state index in [1.54, 1.807) is 0 Å². The van der Waals surface area contributed by atoms with E-state index in [-0.39, 0.29) is 17.5 Å². The van der Waals surface area contributed by atoms with E-state index in [1.807, 2.05) is 0 Å². The first kappa shape index (κ1) is 15.5. The van der Waals surface area contributed by atoms with Crippen molar-refractivity contribution in [3.8, 4) is 0 Å². The van der Waals surface area contributed by atoms with Gasteiger partial charge in [-0.3, -0.25) is 4.79 Å². The Kier molecular flexibility index (Phi) is 6.17. The van der Waals surface area contributed by atoms with Crippen LogP contribution in [0.25, 0.3) is 0 Å². The van der Waals surface area contributed by atoms with Crippen LogP contribution in [0.15, 0.2) is 0 Å². The third-order valence-electron chi connectivity index (χ3n) is 4.82. The highest BCUT2D eigenvalue weighted by Gasteiger charge is 2.37. The molecule has 0 aliphatic heterocycles. The van der Waals surface area contributed by atoms with E-state index in [0.717, 1.165) is 19.3 Å². The summed E-state index contributed by atoms with van der Waals surface area (Å²) in [5, 5.41) is 0. The van der Waals surface area contributed by atoms with Crippen molar-refractivity contribution in [3.63, 3.8) is 0 Å². The van der Waals surface area contributed by atoms with Crippen molar-refractivity contribution in [2.24, 2.45) is 11.8 Å². The van der Waals surface area contributed by atoms with Crippen LogP contribution in [0.2, 0.25) is 0 Å². The number of ether oxygens (including phenoxy) is 1. The van der Waals surface area contributed by atoms with E-state index < -0.39 is 0 Å². The summed E-state index contributed by atoms with van der Waals surface area (Å²) in [7, 11) is 0. The zero-order chi connectivity index (χ0) is 13.6. The molecule has 1 rings (SSSR count). The molecular formula is C16H30O2. The van der Waals surface area contributed by atoms with Crippen molar-refractivity contribution in [2.75, 3.05) is 0 Å². The van der Waals surface area contributed by atoms with Gasteiger partial charge in [0.2, 0.25) is 0 Å². The first-order chi connectivity index (χ1) is 8.57. The Morgan fingerprint density at radius 1 is 1.17 bits per heavy atom. The van der Waals surface area contributed by atoms with Crippen LogP contribution in [0, 0.1) is 11.8 Å². The molecule has 1 fully saturated rings. The molecule has 0 saturated heterocycles. The monoisotopic (exact) mass is 254 g/mol. The van der Waals surface area contributed by atoms with Crippen LogP contribution in [0.1, 0.15) is 79.1 Å². The minimum absolute atomic E-state index is 0.0231. The molecule has 0 amide bonds. The van der Waals surface area contributed by atoms with E-state index in [2.05, 4.69) is 27.7 Å². The van der Waals surface area contributed by atoms with Gasteiger partial charge in [-0.1, -0.05) is 40.0 Å². The van der Waals surface area contributed by atoms with Crippen molar-refractivity contribution >= 4 is 5.97 Å². The van der Waals surface area contributed by atoms with Gasteiger partial charge in [0.05, 0.1) is 5.92 Å². The average molecular weight is 254 g/mol. The first-order valence-electron chi connectivity index (χ1n) is 7.80. The molecule has 1 atom stereocenters. The fourth-order valence-corrected chi connectivity index (χ4v) is 3.09. The standard InChI is InChI=1S/C16H30O2/c1-5-13(6-2)15(17)18-16(4,7-3)14-11-9-8-10-12-14/h13-14H,5-12H2,1-4H3. The summed E-state index contributed by atoms with van der Waals surface area (Å²) in [6.45, 7) is 8.43. The van der Waals surface area contributed by atoms with E-state index in [9.17, 15) is 4.79 Å². The van der Waals surface area contributed by atoms with Crippen molar-refractivity contribution < 1.29 is 9.53 Å². The fraction of sp³-hybridized carbons (Fsp3) is 0.938. The van der Waals surface area contributed by atoms with Crippen LogP contribution >= 0.6 is 0 Å². The highest BCUT2D eigenvalue weighted by Crippen LogP contribution is 2.37. The predicted octanol–water partition coefficient (Wildman–Crippen LogP) is 4.71. The third-order valence-corrected chi connectivity index (χ3v) is 4.82. The van der Waals surface area contributed by atoms with Gasteiger partial charge >= 0.3 is 5.97 Å². The Balaban J connectivity index is 2.65. The maximum absolute atomic E-state index is 12.2. The summed E-state index contributed by atoms with van der Waals surface area (Å²) in [5.74, 6) is 0.670. The zero-order valence-electron chi connectivity index (χ0n) is 12.6. The normalized spacial score (nSPS) is 20.7. The van der Waals surface area contributed by atoms with Crippen molar-refractivity contribution in [1.29, 1.82) is 0 Å². The number of carbonyl (C=O) groups excluding carboxylic acids is 1. The van der Waals surface area contributed by atoms with Crippen LogP contribution in [0.3, 0.4) is 0 Å². The van der Waals surface area contributed by atoms with Gasteiger partial charge in [-0.2, -0.15) is 0 Å². The lowest BCUT2D eigenvalue weighted by Gasteiger charge is -2.39. The molecule has 2 heteroatoms. The molecule has 0 aromatic heterocycles. The molecule has 106 valence electrons. The van der Waals surface area contributed by atoms with Crippen LogP contribution in [0.5, 0.6) is 0 Å². The second-order valence-corrected chi connectivity index (χ2v) is 5.94. The molecule has 0 N–H and O–H groups in total. The molecule has 1 saturated carbocycles. The molecule has 2 nitrogen and oxygen atoms in total. The fourth-order valence-electron chi connectivity index (χ4n) is 3.09. The molecular weight excluding hydrogens is 224 g/mol. The van der Waals surface area contributed by atoms with Crippen LogP contribution in [-0.2, 0) is 9.53 Å². The molecule has 1 aliphatic carbocycles. The van der Waals surface area contributed by atoms with Gasteiger partial charge in [-0.05, 0) is 44.9 Å². The predicted molar refractivity (Wildman–Crippen MR) is 75.4 cm³/mol. The second-order valence-electron chi connectivity index (χ2n) is 5.94. The van der Waals surface area contributed by atoms with Crippen molar-refractivity contribution in [3.05, 3.63) is 0 Å². The Hall–Kier alpha value is -0.530. The number of rotatable bonds is 6. The summed E-state index contributed by atoms with van der Waals surface area (Å²) >= 11 is 0. The quantitative estimate of drug-likeness (QED) is 0.641. The average Bonchev–Trinajstić information content (AvgIpc) is 2.41. The lowest BCUT2D eigenvalue weighted by atomic mass is 9.76. The zero-order valence-corrected chi connectivity index (χ0v) is 12.6. The van der Waals surface area contributed by atoms with E-state index in [1.165, 1.54) is 32.1 Å². The largest absolute Gasteiger partial charge is 0.459 e. The van der Waals surface area contributed by atoms with Gasteiger partial charge in [0, 0.05) is 0 Å². The van der Waals surface area contributed by atoms with Gasteiger partial charge in [-0.25, -0.2) is 0 Å². The molecule has 1 aliphatic rings. The molecule has 0 aromatic carbocycles. The number of hydrogen-bond acceptors (Lipinski definition) is 2. The Morgan fingerprint density at radius 2 is 1.72 bits per heavy atom. The molecule has 0 heterocycles. The van der Waals surface area contributed by atoms with Crippen LogP contribution in [-0.4, -0.2) is 11.6 Å². The van der Waals surface area contributed by atoms with Crippen LogP contribution < -0.4 is 0 Å². The molecule has 0 radical (unpaired) electrons. The summed E-state index contributed by atoms with van der Waals surface area (Å²) in [4.78, 5) is 12.2. The summed E-state index contributed by atoms with van der Waals surface area (Å²) < 4.78 is 5.93. The van der Waals surface area contributed by atoms with E-state index >= 15 is 0 Å². The highest BCUT2D eigenvalue weighted by atomic mass is 16.6. The Labute approximate surface area is 112 Å². The lowest BCUT2D eigenvalue weighted by molar-refractivity contribution is -0.171. The third kappa shape index (κ3) is 3.73. The second kappa shape index (κ2) is 7.16. The summed E-state index contributed by atoms with van der Waals surface area (Å²) in [6, 6.07) is 0. The topological polar surface area (TPSA) is 26.3 Å². The maximum Gasteiger partial charge on any atom is 0.309 e. The van der Waals surface area contributed by atoms with E-state index in [4.69, 9.17) is 4.74 Å². The molecule has 18 heavy (non-hydrogen) atoms. The molecule has 0 spiro atoms. The van der Waals surface area contributed by atoms with Gasteiger partial charge in [-0.15, -0.1) is 0 Å². The Morgan fingerprint density at radius 3 is 2.17 bits per heavy atom. The van der Waals surface area contributed by atoms with Crippen molar-refractivity contribution in [2.45, 2.75) is 84.7 Å². The molecule has 0 aromatic rings. The summed E-state index contributed by atoms with van der Waals surface area (Å²) in [5.41, 5.74) is -0.236. The highest BCUT2D eigenvalue weighted by molar-refractivity contribution is 5.72. The van der Waals surface area contributed by atoms with Gasteiger partial charge in [0.15, 0.2) is 0 Å². The number of esters is 1. The smallest absolute Gasteiger partial charge is 0.309 e. The molecule has 1 unspecified atom stereocenters. The van der Waals surface area contributed by atoms with Gasteiger partial charge < -0.3 is 4.74 Å². The number of hydrogen-bond donors (Lipinski definition) is 0. The number of carbonyl (C=O) groups is 1.